The normalized spacial score (nSPS) is 28.8. The van der Waals surface area contributed by atoms with Gasteiger partial charge in [-0.3, -0.25) is 4.79 Å². The van der Waals surface area contributed by atoms with Crippen molar-refractivity contribution in [2.75, 3.05) is 13.1 Å². The third kappa shape index (κ3) is 5.31. The van der Waals surface area contributed by atoms with Crippen molar-refractivity contribution in [2.45, 2.75) is 70.9 Å². The first-order valence-corrected chi connectivity index (χ1v) is 7.69. The van der Waals surface area contributed by atoms with Crippen LogP contribution < -0.4 is 5.32 Å². The first kappa shape index (κ1) is 16.8. The van der Waals surface area contributed by atoms with Crippen molar-refractivity contribution in [2.24, 2.45) is 5.92 Å². The Hall–Kier alpha value is -0.280. The van der Waals surface area contributed by atoms with Crippen LogP contribution in [0.15, 0.2) is 0 Å². The molecule has 1 N–H and O–H groups in total. The van der Waals surface area contributed by atoms with Crippen molar-refractivity contribution in [1.29, 1.82) is 0 Å². The van der Waals surface area contributed by atoms with Gasteiger partial charge >= 0.3 is 0 Å². The van der Waals surface area contributed by atoms with Gasteiger partial charge < -0.3 is 10.2 Å². The predicted molar refractivity (Wildman–Crippen MR) is 81.7 cm³/mol. The molecular formula is C15H29ClN2O. The number of hydrogen-bond donors (Lipinski definition) is 1. The van der Waals surface area contributed by atoms with Crippen molar-refractivity contribution in [1.82, 2.24) is 10.2 Å². The molecule has 1 aliphatic heterocycles. The molecule has 2 aliphatic rings. The molecule has 1 aliphatic carbocycles. The predicted octanol–water partition coefficient (Wildman–Crippen LogP) is 2.98. The molecule has 0 aromatic heterocycles. The maximum Gasteiger partial charge on any atom is 0.222 e. The average Bonchev–Trinajstić information content (AvgIpc) is 2.36. The van der Waals surface area contributed by atoms with Crippen LogP contribution in [-0.2, 0) is 4.79 Å². The van der Waals surface area contributed by atoms with Gasteiger partial charge in [0.05, 0.1) is 0 Å². The van der Waals surface area contributed by atoms with E-state index >= 15 is 0 Å². The highest BCUT2D eigenvalue weighted by Crippen LogP contribution is 2.27. The number of piperazine rings is 1. The first-order chi connectivity index (χ1) is 8.65. The second-order valence-electron chi connectivity index (χ2n) is 6.31. The Bertz CT molecular complexity index is 269. The molecule has 112 valence electrons. The van der Waals surface area contributed by atoms with Crippen LogP contribution in [0.25, 0.3) is 0 Å². The van der Waals surface area contributed by atoms with Gasteiger partial charge in [-0.1, -0.05) is 32.1 Å². The van der Waals surface area contributed by atoms with Gasteiger partial charge in [0.25, 0.3) is 0 Å². The van der Waals surface area contributed by atoms with E-state index in [0.717, 1.165) is 31.8 Å². The number of hydrogen-bond acceptors (Lipinski definition) is 2. The molecule has 1 saturated carbocycles. The Labute approximate surface area is 123 Å². The lowest BCUT2D eigenvalue weighted by molar-refractivity contribution is -0.133. The van der Waals surface area contributed by atoms with Crippen molar-refractivity contribution >= 4 is 18.3 Å². The number of carbonyl (C=O) groups is 1. The number of carbonyl (C=O) groups excluding carboxylic acids is 1. The summed E-state index contributed by atoms with van der Waals surface area (Å²) in [5.74, 6) is 1.20. The highest BCUT2D eigenvalue weighted by Gasteiger charge is 2.25. The Morgan fingerprint density at radius 2 is 1.68 bits per heavy atom. The van der Waals surface area contributed by atoms with Crippen LogP contribution in [-0.4, -0.2) is 36.0 Å². The van der Waals surface area contributed by atoms with E-state index in [1.165, 1.54) is 32.1 Å². The molecule has 0 spiro atoms. The Morgan fingerprint density at radius 1 is 1.11 bits per heavy atom. The van der Waals surface area contributed by atoms with Gasteiger partial charge in [-0.05, 0) is 26.2 Å². The molecule has 2 unspecified atom stereocenters. The highest BCUT2D eigenvalue weighted by molar-refractivity contribution is 5.85. The topological polar surface area (TPSA) is 32.3 Å². The summed E-state index contributed by atoms with van der Waals surface area (Å²) in [6, 6.07) is 0.875. The van der Waals surface area contributed by atoms with Gasteiger partial charge in [0, 0.05) is 31.6 Å². The number of nitrogens with one attached hydrogen (secondary N) is 1. The van der Waals surface area contributed by atoms with E-state index in [-0.39, 0.29) is 12.4 Å². The number of rotatable bonds is 3. The Morgan fingerprint density at radius 3 is 2.26 bits per heavy atom. The van der Waals surface area contributed by atoms with E-state index in [9.17, 15) is 4.79 Å². The molecule has 0 aromatic rings. The summed E-state index contributed by atoms with van der Waals surface area (Å²) < 4.78 is 0. The molecule has 1 amide bonds. The quantitative estimate of drug-likeness (QED) is 0.866. The minimum atomic E-state index is 0. The molecular weight excluding hydrogens is 260 g/mol. The molecule has 4 heteroatoms. The van der Waals surface area contributed by atoms with Crippen LogP contribution in [0.3, 0.4) is 0 Å². The highest BCUT2D eigenvalue weighted by atomic mass is 35.5. The summed E-state index contributed by atoms with van der Waals surface area (Å²) in [5.41, 5.74) is 0. The van der Waals surface area contributed by atoms with E-state index in [4.69, 9.17) is 0 Å². The van der Waals surface area contributed by atoms with Gasteiger partial charge in [0.15, 0.2) is 0 Å². The maximum atomic E-state index is 12.2. The zero-order valence-corrected chi connectivity index (χ0v) is 13.2. The largest absolute Gasteiger partial charge is 0.340 e. The minimum Gasteiger partial charge on any atom is -0.340 e. The third-order valence-corrected chi connectivity index (χ3v) is 4.40. The van der Waals surface area contributed by atoms with Crippen LogP contribution in [0.4, 0.5) is 0 Å². The van der Waals surface area contributed by atoms with Gasteiger partial charge in [-0.2, -0.15) is 0 Å². The second-order valence-corrected chi connectivity index (χ2v) is 6.31. The molecule has 1 saturated heterocycles. The summed E-state index contributed by atoms with van der Waals surface area (Å²) in [5, 5.41) is 3.48. The van der Waals surface area contributed by atoms with E-state index in [1.54, 1.807) is 0 Å². The van der Waals surface area contributed by atoms with Crippen molar-refractivity contribution in [3.8, 4) is 0 Å². The smallest absolute Gasteiger partial charge is 0.222 e. The zero-order chi connectivity index (χ0) is 13.0. The van der Waals surface area contributed by atoms with Crippen molar-refractivity contribution in [3.63, 3.8) is 0 Å². The molecule has 2 rings (SSSR count). The lowest BCUT2D eigenvalue weighted by atomic mass is 9.86. The maximum absolute atomic E-state index is 12.2. The summed E-state index contributed by atoms with van der Waals surface area (Å²) in [4.78, 5) is 14.3. The van der Waals surface area contributed by atoms with Crippen molar-refractivity contribution < 1.29 is 4.79 Å². The number of nitrogens with zero attached hydrogens (tertiary/aromatic N) is 1. The lowest BCUT2D eigenvalue weighted by Crippen LogP contribution is -2.55. The molecule has 0 bridgehead atoms. The molecule has 2 atom stereocenters. The zero-order valence-electron chi connectivity index (χ0n) is 12.4. The van der Waals surface area contributed by atoms with Crippen LogP contribution in [0, 0.1) is 5.92 Å². The molecule has 0 radical (unpaired) electrons. The second kappa shape index (κ2) is 8.11. The van der Waals surface area contributed by atoms with Gasteiger partial charge in [-0.25, -0.2) is 0 Å². The lowest BCUT2D eigenvalue weighted by Gasteiger charge is -2.36. The van der Waals surface area contributed by atoms with Gasteiger partial charge in [0.1, 0.15) is 0 Å². The summed E-state index contributed by atoms with van der Waals surface area (Å²) in [6.45, 7) is 6.09. The Balaban J connectivity index is 0.00000180. The van der Waals surface area contributed by atoms with Crippen LogP contribution >= 0.6 is 12.4 Å². The molecule has 3 nitrogen and oxygen atoms in total. The van der Waals surface area contributed by atoms with Gasteiger partial charge in [0.2, 0.25) is 5.91 Å². The molecule has 2 fully saturated rings. The van der Waals surface area contributed by atoms with E-state index in [2.05, 4.69) is 24.1 Å². The first-order valence-electron chi connectivity index (χ1n) is 7.69. The minimum absolute atomic E-state index is 0. The van der Waals surface area contributed by atoms with Gasteiger partial charge in [-0.15, -0.1) is 12.4 Å². The average molecular weight is 289 g/mol. The number of halogens is 1. The fraction of sp³-hybridized carbons (Fsp3) is 0.933. The number of amides is 1. The summed E-state index contributed by atoms with van der Waals surface area (Å²) in [7, 11) is 0. The van der Waals surface area contributed by atoms with Crippen LogP contribution in [0.5, 0.6) is 0 Å². The molecule has 0 aromatic carbocycles. The van der Waals surface area contributed by atoms with Crippen LogP contribution in [0.2, 0.25) is 0 Å². The Kier molecular flexibility index (Phi) is 7.16. The molecule has 19 heavy (non-hydrogen) atoms. The van der Waals surface area contributed by atoms with Crippen molar-refractivity contribution in [3.05, 3.63) is 0 Å². The standard InChI is InChI=1S/C15H28N2O.ClH/c1-12-10-17(11-13(2)16-12)15(18)9-8-14-6-4-3-5-7-14;/h12-14,16H,3-11H2,1-2H3;1H. The summed E-state index contributed by atoms with van der Waals surface area (Å²) >= 11 is 0. The third-order valence-electron chi connectivity index (χ3n) is 4.40. The monoisotopic (exact) mass is 288 g/mol. The van der Waals surface area contributed by atoms with E-state index < -0.39 is 0 Å². The SMILES string of the molecule is CC1CN(C(=O)CCC2CCCCC2)CC(C)N1.Cl. The summed E-state index contributed by atoms with van der Waals surface area (Å²) in [6.07, 6.45) is 8.73. The fourth-order valence-corrected chi connectivity index (χ4v) is 3.49. The van der Waals surface area contributed by atoms with E-state index in [1.807, 2.05) is 0 Å². The molecule has 1 heterocycles. The van der Waals surface area contributed by atoms with Crippen LogP contribution in [0.1, 0.15) is 58.8 Å². The van der Waals surface area contributed by atoms with E-state index in [0.29, 0.717) is 18.0 Å². The fourth-order valence-electron chi connectivity index (χ4n) is 3.49.